The van der Waals surface area contributed by atoms with E-state index in [9.17, 15) is 14.7 Å². The highest BCUT2D eigenvalue weighted by Gasteiger charge is 2.47. The van der Waals surface area contributed by atoms with Gasteiger partial charge in [0.25, 0.3) is 11.7 Å². The lowest BCUT2D eigenvalue weighted by molar-refractivity contribution is -0.140. The van der Waals surface area contributed by atoms with Gasteiger partial charge in [-0.3, -0.25) is 14.5 Å². The topological polar surface area (TPSA) is 97.8 Å². The quantitative estimate of drug-likeness (QED) is 0.322. The molecule has 2 aliphatic heterocycles. The zero-order valence-electron chi connectivity index (χ0n) is 20.9. The highest BCUT2D eigenvalue weighted by molar-refractivity contribution is 6.46. The van der Waals surface area contributed by atoms with Crippen molar-refractivity contribution in [3.63, 3.8) is 0 Å². The molecule has 0 bridgehead atoms. The fraction of sp³-hybridized carbons (Fsp3) is 0.407. The molecule has 0 radical (unpaired) electrons. The number of carbonyl (C=O) groups excluding carboxylic acids is 2. The van der Waals surface area contributed by atoms with Crippen molar-refractivity contribution in [1.29, 1.82) is 0 Å². The number of aliphatic hydroxyl groups excluding tert-OH is 1. The molecule has 192 valence electrons. The number of methoxy groups -OCH3 is 3. The van der Waals surface area contributed by atoms with Crippen LogP contribution in [0, 0.1) is 0 Å². The van der Waals surface area contributed by atoms with E-state index < -0.39 is 17.7 Å². The summed E-state index contributed by atoms with van der Waals surface area (Å²) in [4.78, 5) is 30.5. The molecule has 0 aromatic heterocycles. The fourth-order valence-electron chi connectivity index (χ4n) is 4.84. The van der Waals surface area contributed by atoms with Crippen molar-refractivity contribution in [3.8, 4) is 17.2 Å². The maximum absolute atomic E-state index is 13.4. The lowest BCUT2D eigenvalue weighted by atomic mass is 9.94. The summed E-state index contributed by atoms with van der Waals surface area (Å²) in [5.41, 5.74) is 0.875. The van der Waals surface area contributed by atoms with Crippen LogP contribution in [0.3, 0.4) is 0 Å². The lowest BCUT2D eigenvalue weighted by Crippen LogP contribution is -2.39. The Bertz CT molecular complexity index is 1140. The first-order chi connectivity index (χ1) is 17.5. The fourth-order valence-corrected chi connectivity index (χ4v) is 4.84. The number of carbonyl (C=O) groups is 2. The third kappa shape index (κ3) is 4.89. The van der Waals surface area contributed by atoms with Gasteiger partial charge in [-0.2, -0.15) is 0 Å². The van der Waals surface area contributed by atoms with E-state index >= 15 is 0 Å². The minimum absolute atomic E-state index is 0.0116. The van der Waals surface area contributed by atoms with Crippen molar-refractivity contribution in [2.75, 3.05) is 60.7 Å². The average Bonchev–Trinajstić information content (AvgIpc) is 3.17. The summed E-state index contributed by atoms with van der Waals surface area (Å²) >= 11 is 0. The highest BCUT2D eigenvalue weighted by Crippen LogP contribution is 2.46. The number of benzene rings is 2. The summed E-state index contributed by atoms with van der Waals surface area (Å²) < 4.78 is 21.9. The molecule has 4 rings (SSSR count). The van der Waals surface area contributed by atoms with Gasteiger partial charge in [-0.15, -0.1) is 0 Å². The Morgan fingerprint density at radius 2 is 1.64 bits per heavy atom. The van der Waals surface area contributed by atoms with Gasteiger partial charge in [0.2, 0.25) is 0 Å². The second-order valence-corrected chi connectivity index (χ2v) is 8.58. The summed E-state index contributed by atoms with van der Waals surface area (Å²) in [5.74, 6) is -0.452. The first-order valence-corrected chi connectivity index (χ1v) is 11.9. The van der Waals surface area contributed by atoms with Gasteiger partial charge in [-0.05, 0) is 24.6 Å². The molecule has 36 heavy (non-hydrogen) atoms. The second-order valence-electron chi connectivity index (χ2n) is 8.58. The van der Waals surface area contributed by atoms with E-state index in [1.165, 1.54) is 26.2 Å². The number of hydrogen-bond acceptors (Lipinski definition) is 8. The van der Waals surface area contributed by atoms with E-state index in [0.29, 0.717) is 54.6 Å². The summed E-state index contributed by atoms with van der Waals surface area (Å²) in [7, 11) is 4.51. The van der Waals surface area contributed by atoms with Gasteiger partial charge >= 0.3 is 0 Å². The van der Waals surface area contributed by atoms with Crippen molar-refractivity contribution in [2.24, 2.45) is 0 Å². The van der Waals surface area contributed by atoms with E-state index in [0.717, 1.165) is 19.6 Å². The molecular weight excluding hydrogens is 464 g/mol. The third-order valence-corrected chi connectivity index (χ3v) is 6.61. The lowest BCUT2D eigenvalue weighted by Gasteiger charge is -2.30. The first kappa shape index (κ1) is 25.5. The van der Waals surface area contributed by atoms with Crippen LogP contribution in [0.25, 0.3) is 5.76 Å². The van der Waals surface area contributed by atoms with Crippen molar-refractivity contribution < 1.29 is 33.6 Å². The molecule has 0 aliphatic carbocycles. The van der Waals surface area contributed by atoms with E-state index in [1.807, 2.05) is 0 Å². The maximum atomic E-state index is 13.4. The Balaban J connectivity index is 1.78. The standard InChI is InChI=1S/C27H32N2O7/c1-33-20-10-5-4-8-18(20)24(30)22-23(19-9-6-11-21(34-2)26(19)35-3)29(27(32)25(22)31)13-7-12-28-14-16-36-17-15-28/h4-6,8-11,23,30H,7,12-17H2,1-3H3/b24-22+. The van der Waals surface area contributed by atoms with E-state index in [2.05, 4.69) is 4.90 Å². The van der Waals surface area contributed by atoms with Crippen LogP contribution < -0.4 is 14.2 Å². The molecule has 2 saturated heterocycles. The number of rotatable bonds is 9. The summed E-state index contributed by atoms with van der Waals surface area (Å²) in [6.07, 6.45) is 0.657. The van der Waals surface area contributed by atoms with Crippen LogP contribution in [0.4, 0.5) is 0 Å². The number of aliphatic hydroxyl groups is 1. The number of morpholine rings is 1. The predicted octanol–water partition coefficient (Wildman–Crippen LogP) is 2.86. The van der Waals surface area contributed by atoms with Gasteiger partial charge in [0, 0.05) is 31.7 Å². The van der Waals surface area contributed by atoms with Gasteiger partial charge in [0.15, 0.2) is 11.5 Å². The molecule has 1 unspecified atom stereocenters. The van der Waals surface area contributed by atoms with E-state index in [1.54, 1.807) is 42.5 Å². The third-order valence-electron chi connectivity index (χ3n) is 6.61. The number of ether oxygens (including phenoxy) is 4. The smallest absolute Gasteiger partial charge is 0.295 e. The zero-order chi connectivity index (χ0) is 25.7. The van der Waals surface area contributed by atoms with Gasteiger partial charge in [-0.1, -0.05) is 24.3 Å². The molecule has 2 heterocycles. The maximum Gasteiger partial charge on any atom is 0.295 e. The molecule has 2 aliphatic rings. The van der Waals surface area contributed by atoms with Gasteiger partial charge in [0.05, 0.1) is 51.7 Å². The van der Waals surface area contributed by atoms with Gasteiger partial charge in [-0.25, -0.2) is 0 Å². The molecule has 0 spiro atoms. The van der Waals surface area contributed by atoms with Crippen LogP contribution in [0.5, 0.6) is 17.2 Å². The number of Topliss-reactive ketones (excluding diaryl/α,β-unsaturated/α-hetero) is 1. The minimum Gasteiger partial charge on any atom is -0.507 e. The molecule has 1 atom stereocenters. The number of para-hydroxylation sites is 2. The molecule has 9 nitrogen and oxygen atoms in total. The zero-order valence-corrected chi connectivity index (χ0v) is 20.9. The summed E-state index contributed by atoms with van der Waals surface area (Å²) in [6, 6.07) is 11.3. The summed E-state index contributed by atoms with van der Waals surface area (Å²) in [6.45, 7) is 4.13. The summed E-state index contributed by atoms with van der Waals surface area (Å²) in [5, 5.41) is 11.4. The molecule has 9 heteroatoms. The van der Waals surface area contributed by atoms with Crippen molar-refractivity contribution in [1.82, 2.24) is 9.80 Å². The Morgan fingerprint density at radius 3 is 2.33 bits per heavy atom. The molecule has 2 aromatic carbocycles. The van der Waals surface area contributed by atoms with Gasteiger partial charge < -0.3 is 29.0 Å². The average molecular weight is 497 g/mol. The predicted molar refractivity (Wildman–Crippen MR) is 133 cm³/mol. The van der Waals surface area contributed by atoms with Crippen molar-refractivity contribution in [2.45, 2.75) is 12.5 Å². The molecule has 1 N–H and O–H groups in total. The van der Waals surface area contributed by atoms with Crippen LogP contribution in [0.2, 0.25) is 0 Å². The molecular formula is C27H32N2O7. The molecule has 1 amide bonds. The Labute approximate surface area is 210 Å². The second kappa shape index (κ2) is 11.5. The van der Waals surface area contributed by atoms with Crippen LogP contribution in [0.15, 0.2) is 48.0 Å². The SMILES string of the molecule is COc1ccccc1/C(O)=C1\C(=O)C(=O)N(CCCN2CCOCC2)C1c1cccc(OC)c1OC. The monoisotopic (exact) mass is 496 g/mol. The van der Waals surface area contributed by atoms with Gasteiger partial charge in [0.1, 0.15) is 11.5 Å². The van der Waals surface area contributed by atoms with E-state index in [4.69, 9.17) is 18.9 Å². The Hall–Kier alpha value is -3.56. The molecule has 0 saturated carbocycles. The van der Waals surface area contributed by atoms with E-state index in [-0.39, 0.29) is 11.3 Å². The number of amides is 1. The largest absolute Gasteiger partial charge is 0.507 e. The van der Waals surface area contributed by atoms with Crippen LogP contribution in [-0.4, -0.2) is 87.3 Å². The normalized spacial score (nSPS) is 20.0. The first-order valence-electron chi connectivity index (χ1n) is 11.9. The van der Waals surface area contributed by atoms with Crippen molar-refractivity contribution >= 4 is 17.4 Å². The van der Waals surface area contributed by atoms with Crippen molar-refractivity contribution in [3.05, 3.63) is 59.2 Å². The van der Waals surface area contributed by atoms with Crippen LogP contribution in [0.1, 0.15) is 23.6 Å². The minimum atomic E-state index is -0.857. The number of ketones is 1. The Morgan fingerprint density at radius 1 is 0.944 bits per heavy atom. The highest BCUT2D eigenvalue weighted by atomic mass is 16.5. The Kier molecular flexibility index (Phi) is 8.12. The number of nitrogens with zero attached hydrogens (tertiary/aromatic N) is 2. The number of hydrogen-bond donors (Lipinski definition) is 1. The van der Waals surface area contributed by atoms with Crippen LogP contribution in [-0.2, 0) is 14.3 Å². The molecule has 2 fully saturated rings. The van der Waals surface area contributed by atoms with Crippen LogP contribution >= 0.6 is 0 Å². The number of likely N-dealkylation sites (tertiary alicyclic amines) is 1. The molecule has 2 aromatic rings.